The number of benzene rings is 2. The van der Waals surface area contributed by atoms with Gasteiger partial charge in [0.2, 0.25) is 6.10 Å². The lowest BCUT2D eigenvalue weighted by Crippen LogP contribution is -2.45. The number of methoxy groups -OCH3 is 2. The zero-order valence-electron chi connectivity index (χ0n) is 20.5. The van der Waals surface area contributed by atoms with Crippen molar-refractivity contribution in [2.45, 2.75) is 32.3 Å². The number of nitrogens with zero attached hydrogens (tertiary/aromatic N) is 2. The van der Waals surface area contributed by atoms with E-state index in [0.29, 0.717) is 48.8 Å². The van der Waals surface area contributed by atoms with Crippen LogP contribution >= 0.6 is 0 Å². The molecule has 1 unspecified atom stereocenters. The van der Waals surface area contributed by atoms with Crippen LogP contribution in [0.1, 0.15) is 48.2 Å². The maximum Gasteiger partial charge on any atom is 0.303 e. The van der Waals surface area contributed by atoms with Crippen LogP contribution in [0, 0.1) is 5.41 Å². The average molecular weight is 481 g/mol. The van der Waals surface area contributed by atoms with Gasteiger partial charge < -0.3 is 24.0 Å². The zero-order chi connectivity index (χ0) is 25.0. The summed E-state index contributed by atoms with van der Waals surface area (Å²) in [5.74, 6) is 0.365. The monoisotopic (exact) mass is 480 g/mol. The Morgan fingerprint density at radius 1 is 0.886 bits per heavy atom. The molecule has 0 bridgehead atoms. The van der Waals surface area contributed by atoms with E-state index in [2.05, 4.69) is 0 Å². The van der Waals surface area contributed by atoms with Crippen LogP contribution in [0.2, 0.25) is 0 Å². The van der Waals surface area contributed by atoms with E-state index < -0.39 is 12.1 Å². The summed E-state index contributed by atoms with van der Waals surface area (Å²) < 4.78 is 16.1. The van der Waals surface area contributed by atoms with Crippen molar-refractivity contribution in [3.8, 4) is 11.5 Å². The Balaban J connectivity index is 1.42. The van der Waals surface area contributed by atoms with Gasteiger partial charge in [-0.15, -0.1) is 0 Å². The third-order valence-corrected chi connectivity index (χ3v) is 7.11. The molecule has 35 heavy (non-hydrogen) atoms. The Morgan fingerprint density at radius 3 is 2.14 bits per heavy atom. The smallest absolute Gasteiger partial charge is 0.303 e. The number of esters is 1. The number of piperidine rings is 1. The van der Waals surface area contributed by atoms with Crippen LogP contribution < -0.4 is 9.47 Å². The third kappa shape index (κ3) is 5.26. The number of likely N-dealkylation sites (tertiary alicyclic amines) is 2. The highest BCUT2D eigenvalue weighted by atomic mass is 16.5. The van der Waals surface area contributed by atoms with Gasteiger partial charge in [-0.25, -0.2) is 0 Å². The quantitative estimate of drug-likeness (QED) is 0.589. The molecule has 0 aromatic heterocycles. The van der Waals surface area contributed by atoms with Crippen molar-refractivity contribution in [2.75, 3.05) is 40.4 Å². The number of ether oxygens (including phenoxy) is 3. The SMILES string of the molecule is COc1ccc(OC)c(C(=O)N2CCC3(CC2)CCN(C(=O)C(OC(C)=O)c2ccccc2)C3)c1. The molecule has 0 aliphatic carbocycles. The van der Waals surface area contributed by atoms with E-state index in [1.807, 2.05) is 28.0 Å². The van der Waals surface area contributed by atoms with Crippen molar-refractivity contribution in [2.24, 2.45) is 5.41 Å². The predicted molar refractivity (Wildman–Crippen MR) is 129 cm³/mol. The van der Waals surface area contributed by atoms with Crippen LogP contribution in [0.25, 0.3) is 0 Å². The van der Waals surface area contributed by atoms with Gasteiger partial charge in [-0.05, 0) is 42.9 Å². The highest BCUT2D eigenvalue weighted by Gasteiger charge is 2.44. The topological polar surface area (TPSA) is 85.4 Å². The van der Waals surface area contributed by atoms with E-state index in [-0.39, 0.29) is 17.2 Å². The van der Waals surface area contributed by atoms with Crippen LogP contribution in [-0.2, 0) is 14.3 Å². The molecule has 0 saturated carbocycles. The van der Waals surface area contributed by atoms with Gasteiger partial charge in [0.05, 0.1) is 19.8 Å². The Morgan fingerprint density at radius 2 is 1.54 bits per heavy atom. The minimum atomic E-state index is -0.939. The summed E-state index contributed by atoms with van der Waals surface area (Å²) in [6, 6.07) is 14.3. The van der Waals surface area contributed by atoms with Crippen molar-refractivity contribution < 1.29 is 28.6 Å². The Hall–Kier alpha value is -3.55. The second kappa shape index (κ2) is 10.4. The number of hydrogen-bond acceptors (Lipinski definition) is 6. The summed E-state index contributed by atoms with van der Waals surface area (Å²) in [5, 5.41) is 0. The Kier molecular flexibility index (Phi) is 7.28. The summed E-state index contributed by atoms with van der Waals surface area (Å²) in [6.07, 6.45) is 1.53. The molecule has 186 valence electrons. The summed E-state index contributed by atoms with van der Waals surface area (Å²) >= 11 is 0. The highest BCUT2D eigenvalue weighted by molar-refractivity contribution is 5.97. The van der Waals surface area contributed by atoms with Gasteiger partial charge in [-0.1, -0.05) is 30.3 Å². The van der Waals surface area contributed by atoms with Gasteiger partial charge in [0.25, 0.3) is 11.8 Å². The first kappa shape index (κ1) is 24.6. The molecule has 8 nitrogen and oxygen atoms in total. The molecule has 4 rings (SSSR count). The third-order valence-electron chi connectivity index (χ3n) is 7.11. The minimum Gasteiger partial charge on any atom is -0.497 e. The molecular weight excluding hydrogens is 448 g/mol. The van der Waals surface area contributed by atoms with Crippen LogP contribution in [0.3, 0.4) is 0 Å². The molecule has 0 N–H and O–H groups in total. The molecule has 0 radical (unpaired) electrons. The lowest BCUT2D eigenvalue weighted by atomic mass is 9.77. The Labute approximate surface area is 205 Å². The first-order chi connectivity index (χ1) is 16.9. The van der Waals surface area contributed by atoms with Crippen LogP contribution in [0.4, 0.5) is 0 Å². The molecular formula is C27H32N2O6. The van der Waals surface area contributed by atoms with Gasteiger partial charge in [0.15, 0.2) is 0 Å². The number of hydrogen-bond donors (Lipinski definition) is 0. The van der Waals surface area contributed by atoms with E-state index in [1.54, 1.807) is 44.6 Å². The molecule has 2 aromatic rings. The van der Waals surface area contributed by atoms with Crippen molar-refractivity contribution in [3.05, 3.63) is 59.7 Å². The number of rotatable bonds is 6. The van der Waals surface area contributed by atoms with E-state index in [1.165, 1.54) is 6.92 Å². The molecule has 2 aromatic carbocycles. The molecule has 2 heterocycles. The van der Waals surface area contributed by atoms with Crippen LogP contribution in [0.15, 0.2) is 48.5 Å². The van der Waals surface area contributed by atoms with E-state index >= 15 is 0 Å². The Bertz CT molecular complexity index is 1080. The van der Waals surface area contributed by atoms with Crippen molar-refractivity contribution in [3.63, 3.8) is 0 Å². The molecule has 1 spiro atoms. The largest absolute Gasteiger partial charge is 0.497 e. The van der Waals surface area contributed by atoms with Gasteiger partial charge in [0.1, 0.15) is 11.5 Å². The van der Waals surface area contributed by atoms with Crippen molar-refractivity contribution in [1.29, 1.82) is 0 Å². The molecule has 2 fully saturated rings. The molecule has 1 atom stereocenters. The van der Waals surface area contributed by atoms with E-state index in [9.17, 15) is 14.4 Å². The van der Waals surface area contributed by atoms with Crippen molar-refractivity contribution >= 4 is 17.8 Å². The summed E-state index contributed by atoms with van der Waals surface area (Å²) in [6.45, 7) is 3.74. The van der Waals surface area contributed by atoms with Crippen LogP contribution in [0.5, 0.6) is 11.5 Å². The van der Waals surface area contributed by atoms with Gasteiger partial charge in [0, 0.05) is 38.7 Å². The van der Waals surface area contributed by atoms with Crippen LogP contribution in [-0.4, -0.2) is 68.0 Å². The van der Waals surface area contributed by atoms with E-state index in [0.717, 1.165) is 19.3 Å². The first-order valence-corrected chi connectivity index (χ1v) is 11.9. The molecule has 2 saturated heterocycles. The summed E-state index contributed by atoms with van der Waals surface area (Å²) in [7, 11) is 3.12. The number of carbonyl (C=O) groups excluding carboxylic acids is 3. The van der Waals surface area contributed by atoms with Gasteiger partial charge in [-0.2, -0.15) is 0 Å². The molecule has 2 aliphatic rings. The van der Waals surface area contributed by atoms with Gasteiger partial charge >= 0.3 is 5.97 Å². The second-order valence-corrected chi connectivity index (χ2v) is 9.27. The fraction of sp³-hybridized carbons (Fsp3) is 0.444. The first-order valence-electron chi connectivity index (χ1n) is 11.9. The lowest BCUT2D eigenvalue weighted by Gasteiger charge is -2.39. The van der Waals surface area contributed by atoms with Gasteiger partial charge in [-0.3, -0.25) is 14.4 Å². The molecule has 2 amide bonds. The number of amides is 2. The van der Waals surface area contributed by atoms with Crippen molar-refractivity contribution in [1.82, 2.24) is 9.80 Å². The maximum absolute atomic E-state index is 13.4. The number of carbonyl (C=O) groups is 3. The highest BCUT2D eigenvalue weighted by Crippen LogP contribution is 2.42. The molecule has 2 aliphatic heterocycles. The second-order valence-electron chi connectivity index (χ2n) is 9.27. The molecule has 8 heteroatoms. The standard InChI is InChI=1S/C27H32N2O6/c1-19(30)35-24(20-7-5-4-6-8-20)26(32)29-16-13-27(18-29)11-14-28(15-12-27)25(31)22-17-21(33-2)9-10-23(22)34-3/h4-10,17,24H,11-16,18H2,1-3H3. The fourth-order valence-electron chi connectivity index (χ4n) is 5.09. The average Bonchev–Trinajstić information content (AvgIpc) is 3.30. The predicted octanol–water partition coefficient (Wildman–Crippen LogP) is 3.46. The zero-order valence-corrected chi connectivity index (χ0v) is 20.5. The fourth-order valence-corrected chi connectivity index (χ4v) is 5.09. The lowest BCUT2D eigenvalue weighted by molar-refractivity contribution is -0.159. The normalized spacial score (nSPS) is 17.7. The summed E-state index contributed by atoms with van der Waals surface area (Å²) in [5.41, 5.74) is 1.11. The van der Waals surface area contributed by atoms with E-state index in [4.69, 9.17) is 14.2 Å². The minimum absolute atomic E-state index is 0.0393. The summed E-state index contributed by atoms with van der Waals surface area (Å²) in [4.78, 5) is 42.0. The maximum atomic E-state index is 13.4.